The highest BCUT2D eigenvalue weighted by molar-refractivity contribution is 8.13. The van der Waals surface area contributed by atoms with E-state index < -0.39 is 12.0 Å². The van der Waals surface area contributed by atoms with Crippen LogP contribution in [0.5, 0.6) is 17.2 Å². The molecule has 0 radical (unpaired) electrons. The number of carbonyl (C=O) groups excluding carboxylic acids is 3. The quantitative estimate of drug-likeness (QED) is 0.0963. The third-order valence-electron chi connectivity index (χ3n) is 8.59. The molecule has 0 aliphatic heterocycles. The Labute approximate surface area is 316 Å². The van der Waals surface area contributed by atoms with Gasteiger partial charge < -0.3 is 24.8 Å². The Morgan fingerprint density at radius 1 is 0.870 bits per heavy atom. The summed E-state index contributed by atoms with van der Waals surface area (Å²) in [6.45, 7) is 4.94. The first-order valence-electron chi connectivity index (χ1n) is 17.1. The lowest BCUT2D eigenvalue weighted by molar-refractivity contribution is 0.0949. The number of phenols is 1. The number of nitrogens with zero attached hydrogens (tertiary/aromatic N) is 6. The number of hydrogen-bond donors (Lipinski definition) is 2. The highest BCUT2D eigenvalue weighted by Gasteiger charge is 2.22. The summed E-state index contributed by atoms with van der Waals surface area (Å²) in [5.74, 6) is 0.457. The Kier molecular flexibility index (Phi) is 11.7. The van der Waals surface area contributed by atoms with E-state index in [1.165, 1.54) is 20.5 Å². The van der Waals surface area contributed by atoms with E-state index in [-0.39, 0.29) is 28.8 Å². The minimum Gasteiger partial charge on any atom is -0.506 e. The standard InChI is InChI=1S/C40H39N7O6S/c1-26-18-21-34(27(2)24-26)52-23-11-22-41-37(49)32-20-19-30-31(36(32)48)15-10-16-33(30)46(4)39(50)53-35-17-9-8-12-28(35)25-45(3)40(51)54-38-42-43-44-47(38)29-13-6-5-7-14-29/h5-10,12-21,24,48H,11,22-23,25H2,1-4H3,(H,41,49). The molecule has 13 nitrogen and oxygen atoms in total. The van der Waals surface area contributed by atoms with E-state index in [0.29, 0.717) is 46.8 Å². The van der Waals surface area contributed by atoms with Crippen LogP contribution in [0.25, 0.3) is 16.5 Å². The summed E-state index contributed by atoms with van der Waals surface area (Å²) in [5, 5.41) is 26.7. The minimum absolute atomic E-state index is 0.113. The molecule has 0 aliphatic rings. The summed E-state index contributed by atoms with van der Waals surface area (Å²) in [6.07, 6.45) is -0.111. The maximum Gasteiger partial charge on any atom is 0.419 e. The number of thioether (sulfide) groups is 1. The Balaban J connectivity index is 1.08. The van der Waals surface area contributed by atoms with Gasteiger partial charge in [0.25, 0.3) is 11.1 Å². The number of benzene rings is 5. The molecule has 6 aromatic rings. The van der Waals surface area contributed by atoms with Gasteiger partial charge in [-0.25, -0.2) is 4.79 Å². The normalized spacial score (nSPS) is 10.9. The zero-order valence-electron chi connectivity index (χ0n) is 30.2. The van der Waals surface area contributed by atoms with Crippen molar-refractivity contribution in [2.24, 2.45) is 0 Å². The molecule has 6 rings (SSSR count). The lowest BCUT2D eigenvalue weighted by Gasteiger charge is -2.22. The number of nitrogens with one attached hydrogen (secondary N) is 1. The number of tetrazole rings is 1. The van der Waals surface area contributed by atoms with Gasteiger partial charge in [-0.2, -0.15) is 4.68 Å². The maximum atomic E-state index is 13.5. The van der Waals surface area contributed by atoms with Gasteiger partial charge in [0.2, 0.25) is 5.16 Å². The fourth-order valence-corrected chi connectivity index (χ4v) is 6.44. The molecule has 276 valence electrons. The number of amides is 3. The number of para-hydroxylation sites is 2. The molecule has 0 aliphatic carbocycles. The SMILES string of the molecule is Cc1ccc(OCCCNC(=O)c2ccc3c(N(C)C(=O)Oc4ccccc4CN(C)C(=O)Sc4nnnn4-c4ccccc4)cccc3c2O)c(C)c1. The fourth-order valence-electron chi connectivity index (χ4n) is 5.76. The fraction of sp³-hybridized carbons (Fsp3) is 0.200. The zero-order chi connectivity index (χ0) is 38.2. The third-order valence-corrected chi connectivity index (χ3v) is 9.52. The van der Waals surface area contributed by atoms with Crippen LogP contribution in [-0.4, -0.2) is 74.7 Å². The monoisotopic (exact) mass is 745 g/mol. The van der Waals surface area contributed by atoms with Gasteiger partial charge in [0.1, 0.15) is 17.2 Å². The van der Waals surface area contributed by atoms with Crippen molar-refractivity contribution in [1.82, 2.24) is 30.4 Å². The van der Waals surface area contributed by atoms with Crippen LogP contribution in [0.1, 0.15) is 33.5 Å². The summed E-state index contributed by atoms with van der Waals surface area (Å²) in [6, 6.07) is 30.5. The molecule has 1 aromatic heterocycles. The molecule has 54 heavy (non-hydrogen) atoms. The lowest BCUT2D eigenvalue weighted by Crippen LogP contribution is -2.30. The molecule has 0 bridgehead atoms. The van der Waals surface area contributed by atoms with E-state index in [1.807, 2.05) is 56.3 Å². The number of carbonyl (C=O) groups is 3. The molecule has 0 fully saturated rings. The summed E-state index contributed by atoms with van der Waals surface area (Å²) in [7, 11) is 3.19. The van der Waals surface area contributed by atoms with Gasteiger partial charge in [-0.15, -0.1) is 5.10 Å². The topological polar surface area (TPSA) is 152 Å². The van der Waals surface area contributed by atoms with E-state index in [0.717, 1.165) is 34.3 Å². The molecule has 14 heteroatoms. The number of fused-ring (bicyclic) bond motifs is 1. The Morgan fingerprint density at radius 2 is 1.65 bits per heavy atom. The molecular formula is C40H39N7O6S. The third kappa shape index (κ3) is 8.61. The first-order chi connectivity index (χ1) is 26.1. The molecular weight excluding hydrogens is 707 g/mol. The molecule has 5 aromatic carbocycles. The molecule has 0 spiro atoms. The Morgan fingerprint density at radius 3 is 2.44 bits per heavy atom. The first kappa shape index (κ1) is 37.4. The summed E-state index contributed by atoms with van der Waals surface area (Å²) < 4.78 is 13.2. The highest BCUT2D eigenvalue weighted by Crippen LogP contribution is 2.35. The van der Waals surface area contributed by atoms with Gasteiger partial charge in [-0.3, -0.25) is 14.5 Å². The van der Waals surface area contributed by atoms with E-state index in [9.17, 15) is 19.5 Å². The minimum atomic E-state index is -0.690. The van der Waals surface area contributed by atoms with Crippen LogP contribution >= 0.6 is 11.8 Å². The summed E-state index contributed by atoms with van der Waals surface area (Å²) in [4.78, 5) is 42.6. The van der Waals surface area contributed by atoms with Crippen molar-refractivity contribution in [2.45, 2.75) is 32.0 Å². The van der Waals surface area contributed by atoms with Crippen molar-refractivity contribution >= 4 is 45.5 Å². The smallest absolute Gasteiger partial charge is 0.419 e. The maximum absolute atomic E-state index is 13.5. The van der Waals surface area contributed by atoms with Crippen molar-refractivity contribution in [3.05, 3.63) is 125 Å². The van der Waals surface area contributed by atoms with Gasteiger partial charge in [0.15, 0.2) is 0 Å². The van der Waals surface area contributed by atoms with Crippen molar-refractivity contribution in [3.63, 3.8) is 0 Å². The highest BCUT2D eigenvalue weighted by atomic mass is 32.2. The van der Waals surface area contributed by atoms with E-state index in [2.05, 4.69) is 26.9 Å². The molecule has 2 N–H and O–H groups in total. The van der Waals surface area contributed by atoms with Crippen molar-refractivity contribution in [3.8, 4) is 22.9 Å². The molecule has 0 saturated carbocycles. The van der Waals surface area contributed by atoms with Gasteiger partial charge in [-0.1, -0.05) is 72.3 Å². The number of anilines is 1. The van der Waals surface area contributed by atoms with Crippen molar-refractivity contribution in [2.75, 3.05) is 32.1 Å². The van der Waals surface area contributed by atoms with E-state index in [1.54, 1.807) is 62.6 Å². The van der Waals surface area contributed by atoms with Crippen LogP contribution in [-0.2, 0) is 6.54 Å². The summed E-state index contributed by atoms with van der Waals surface area (Å²) >= 11 is 0.879. The van der Waals surface area contributed by atoms with Gasteiger partial charge in [-0.05, 0) is 72.7 Å². The molecule has 0 saturated heterocycles. The van der Waals surface area contributed by atoms with Crippen LogP contribution < -0.4 is 19.7 Å². The predicted octanol–water partition coefficient (Wildman–Crippen LogP) is 7.32. The van der Waals surface area contributed by atoms with Crippen LogP contribution in [0.15, 0.2) is 108 Å². The summed E-state index contributed by atoms with van der Waals surface area (Å²) in [5.41, 5.74) is 4.10. The lowest BCUT2D eigenvalue weighted by atomic mass is 10.0. The number of ether oxygens (including phenoxy) is 2. The van der Waals surface area contributed by atoms with Crippen LogP contribution in [0.3, 0.4) is 0 Å². The number of aryl methyl sites for hydroxylation is 2. The second-order valence-electron chi connectivity index (χ2n) is 12.5. The molecule has 3 amide bonds. The van der Waals surface area contributed by atoms with E-state index in [4.69, 9.17) is 9.47 Å². The number of phenolic OH excluding ortho intramolecular Hbond substituents is 1. The van der Waals surface area contributed by atoms with Gasteiger partial charge in [0, 0.05) is 55.3 Å². The van der Waals surface area contributed by atoms with Crippen LogP contribution in [0.2, 0.25) is 0 Å². The average molecular weight is 746 g/mol. The van der Waals surface area contributed by atoms with Crippen LogP contribution in [0, 0.1) is 13.8 Å². The second-order valence-corrected chi connectivity index (χ2v) is 13.4. The number of rotatable bonds is 12. The number of aromatic hydroxyl groups is 1. The Hall–Kier alpha value is -6.41. The first-order valence-corrected chi connectivity index (χ1v) is 18.0. The average Bonchev–Trinajstić information content (AvgIpc) is 3.64. The van der Waals surface area contributed by atoms with Crippen molar-refractivity contribution < 1.29 is 29.0 Å². The van der Waals surface area contributed by atoms with Crippen molar-refractivity contribution in [1.29, 1.82) is 0 Å². The largest absolute Gasteiger partial charge is 0.506 e. The molecule has 1 heterocycles. The molecule has 0 unspecified atom stereocenters. The van der Waals surface area contributed by atoms with Gasteiger partial charge >= 0.3 is 6.09 Å². The van der Waals surface area contributed by atoms with E-state index >= 15 is 0 Å². The van der Waals surface area contributed by atoms with Gasteiger partial charge in [0.05, 0.1) is 23.5 Å². The van der Waals surface area contributed by atoms with Crippen LogP contribution in [0.4, 0.5) is 15.3 Å². The Bertz CT molecular complexity index is 2300. The second kappa shape index (κ2) is 16.9. The zero-order valence-corrected chi connectivity index (χ0v) is 31.0. The predicted molar refractivity (Wildman–Crippen MR) is 207 cm³/mol. The number of aromatic nitrogens is 4. The molecule has 0 atom stereocenters. The number of hydrogen-bond acceptors (Lipinski definition) is 10.